The third kappa shape index (κ3) is 3.69. The quantitative estimate of drug-likeness (QED) is 0.563. The zero-order valence-electron chi connectivity index (χ0n) is 8.82. The second kappa shape index (κ2) is 5.22. The topological polar surface area (TPSA) is 87.7 Å². The van der Waals surface area contributed by atoms with Crippen LogP contribution in [0, 0.1) is 5.41 Å². The molecule has 0 aromatic rings. The van der Waals surface area contributed by atoms with Crippen molar-refractivity contribution in [3.05, 3.63) is 0 Å². The molecule has 0 radical (unpaired) electrons. The summed E-state index contributed by atoms with van der Waals surface area (Å²) in [5.74, 6) is 0. The molecule has 0 unspecified atom stereocenters. The molecule has 15 heavy (non-hydrogen) atoms. The highest BCUT2D eigenvalue weighted by Gasteiger charge is 2.32. The van der Waals surface area contributed by atoms with Crippen LogP contribution in [-0.4, -0.2) is 46.9 Å². The lowest BCUT2D eigenvalue weighted by Crippen LogP contribution is -2.46. The number of rotatable bonds is 5. The first-order valence-electron chi connectivity index (χ1n) is 4.90. The van der Waals surface area contributed by atoms with Gasteiger partial charge in [0, 0.05) is 32.2 Å². The van der Waals surface area contributed by atoms with Crippen molar-refractivity contribution in [2.45, 2.75) is 12.8 Å². The molecule has 0 aliphatic carbocycles. The maximum Gasteiger partial charge on any atom is 0.276 e. The van der Waals surface area contributed by atoms with E-state index in [-0.39, 0.29) is 18.6 Å². The summed E-state index contributed by atoms with van der Waals surface area (Å²) in [4.78, 5) is 0. The van der Waals surface area contributed by atoms with Crippen LogP contribution in [0.15, 0.2) is 0 Å². The molecule has 0 bridgehead atoms. The highest BCUT2D eigenvalue weighted by atomic mass is 32.2. The minimum atomic E-state index is -3.42. The van der Waals surface area contributed by atoms with E-state index in [0.29, 0.717) is 26.1 Å². The van der Waals surface area contributed by atoms with Crippen LogP contribution >= 0.6 is 0 Å². The van der Waals surface area contributed by atoms with Gasteiger partial charge < -0.3 is 9.84 Å². The Hall–Kier alpha value is -0.210. The van der Waals surface area contributed by atoms with Crippen LogP contribution in [0.3, 0.4) is 0 Å². The van der Waals surface area contributed by atoms with E-state index in [2.05, 4.69) is 9.44 Å². The van der Waals surface area contributed by atoms with Gasteiger partial charge in [-0.1, -0.05) is 0 Å². The summed E-state index contributed by atoms with van der Waals surface area (Å²) in [5, 5.41) is 9.30. The summed E-state index contributed by atoms with van der Waals surface area (Å²) in [5.41, 5.74) is -0.373. The molecule has 1 aliphatic rings. The lowest BCUT2D eigenvalue weighted by atomic mass is 9.81. The van der Waals surface area contributed by atoms with Crippen LogP contribution in [0.1, 0.15) is 12.8 Å². The summed E-state index contributed by atoms with van der Waals surface area (Å²) >= 11 is 0. The first kappa shape index (κ1) is 12.9. The molecule has 1 aliphatic heterocycles. The molecule has 6 nitrogen and oxygen atoms in total. The predicted octanol–water partition coefficient (Wildman–Crippen LogP) is -1.17. The second-order valence-corrected chi connectivity index (χ2v) is 5.50. The Kier molecular flexibility index (Phi) is 4.47. The Bertz CT molecular complexity index is 285. The van der Waals surface area contributed by atoms with Gasteiger partial charge in [0.15, 0.2) is 0 Å². The average Bonchev–Trinajstić information content (AvgIpc) is 2.28. The van der Waals surface area contributed by atoms with Gasteiger partial charge in [-0.3, -0.25) is 0 Å². The maximum absolute atomic E-state index is 11.2. The molecule has 1 saturated heterocycles. The fraction of sp³-hybridized carbons (Fsp3) is 1.00. The molecule has 7 heteroatoms. The van der Waals surface area contributed by atoms with Gasteiger partial charge in [0.25, 0.3) is 10.2 Å². The standard InChI is InChI=1S/C8H18N2O4S/c1-9-15(12,13)10-6-8(7-11)2-4-14-5-3-8/h9-11H,2-7H2,1H3. The minimum absolute atomic E-state index is 0.0252. The van der Waals surface area contributed by atoms with Gasteiger partial charge in [0.05, 0.1) is 6.61 Å². The lowest BCUT2D eigenvalue weighted by Gasteiger charge is -2.35. The normalized spacial score (nSPS) is 21.5. The lowest BCUT2D eigenvalue weighted by molar-refractivity contribution is -0.0127. The molecule has 0 spiro atoms. The van der Waals surface area contributed by atoms with Crippen LogP contribution in [-0.2, 0) is 14.9 Å². The van der Waals surface area contributed by atoms with Crippen molar-refractivity contribution in [2.75, 3.05) is 33.4 Å². The number of hydrogen-bond donors (Lipinski definition) is 3. The van der Waals surface area contributed by atoms with Gasteiger partial charge >= 0.3 is 0 Å². The van der Waals surface area contributed by atoms with Crippen LogP contribution in [0.25, 0.3) is 0 Å². The molecule has 0 aromatic carbocycles. The number of hydrogen-bond acceptors (Lipinski definition) is 4. The summed E-state index contributed by atoms with van der Waals surface area (Å²) < 4.78 is 32.1. The van der Waals surface area contributed by atoms with Gasteiger partial charge in [0.1, 0.15) is 0 Å². The summed E-state index contributed by atoms with van der Waals surface area (Å²) in [6.07, 6.45) is 1.35. The molecule has 1 fully saturated rings. The monoisotopic (exact) mass is 238 g/mol. The van der Waals surface area contributed by atoms with Gasteiger partial charge in [0.2, 0.25) is 0 Å². The van der Waals surface area contributed by atoms with Crippen molar-refractivity contribution in [1.82, 2.24) is 9.44 Å². The molecular weight excluding hydrogens is 220 g/mol. The molecule has 0 saturated carbocycles. The zero-order valence-corrected chi connectivity index (χ0v) is 9.64. The van der Waals surface area contributed by atoms with Gasteiger partial charge in [-0.15, -0.1) is 0 Å². The van der Waals surface area contributed by atoms with Crippen molar-refractivity contribution in [3.63, 3.8) is 0 Å². The van der Waals surface area contributed by atoms with Crippen LogP contribution in [0.2, 0.25) is 0 Å². The zero-order chi connectivity index (χ0) is 11.4. The summed E-state index contributed by atoms with van der Waals surface area (Å²) in [6, 6.07) is 0. The van der Waals surface area contributed by atoms with E-state index in [9.17, 15) is 13.5 Å². The van der Waals surface area contributed by atoms with Crippen molar-refractivity contribution < 1.29 is 18.3 Å². The van der Waals surface area contributed by atoms with Gasteiger partial charge in [-0.25, -0.2) is 9.44 Å². The molecule has 0 atom stereocenters. The highest BCUT2D eigenvalue weighted by molar-refractivity contribution is 7.87. The predicted molar refractivity (Wildman–Crippen MR) is 55.6 cm³/mol. The molecule has 0 aromatic heterocycles. The molecule has 0 amide bonds. The fourth-order valence-electron chi connectivity index (χ4n) is 1.52. The SMILES string of the molecule is CNS(=O)(=O)NCC1(CO)CCOCC1. The van der Waals surface area contributed by atoms with E-state index >= 15 is 0 Å². The van der Waals surface area contributed by atoms with E-state index in [1.54, 1.807) is 0 Å². The first-order chi connectivity index (χ1) is 7.04. The Morgan fingerprint density at radius 2 is 2.00 bits per heavy atom. The van der Waals surface area contributed by atoms with Crippen LogP contribution in [0.4, 0.5) is 0 Å². The fourth-order valence-corrected chi connectivity index (χ4v) is 2.16. The number of ether oxygens (including phenoxy) is 1. The minimum Gasteiger partial charge on any atom is -0.396 e. The molecule has 3 N–H and O–H groups in total. The third-order valence-corrected chi connectivity index (χ3v) is 3.86. The number of nitrogens with one attached hydrogen (secondary N) is 2. The Balaban J connectivity index is 2.53. The maximum atomic E-state index is 11.2. The number of aliphatic hydroxyl groups excluding tert-OH is 1. The largest absolute Gasteiger partial charge is 0.396 e. The van der Waals surface area contributed by atoms with E-state index < -0.39 is 10.2 Å². The van der Waals surface area contributed by atoms with E-state index in [1.807, 2.05) is 0 Å². The molecule has 90 valence electrons. The molecular formula is C8H18N2O4S. The number of aliphatic hydroxyl groups is 1. The molecule has 1 heterocycles. The van der Waals surface area contributed by atoms with Crippen molar-refractivity contribution in [1.29, 1.82) is 0 Å². The Morgan fingerprint density at radius 1 is 1.40 bits per heavy atom. The second-order valence-electron chi connectivity index (χ2n) is 3.80. The Labute approximate surface area is 90.2 Å². The van der Waals surface area contributed by atoms with E-state index in [4.69, 9.17) is 4.74 Å². The first-order valence-corrected chi connectivity index (χ1v) is 6.39. The summed E-state index contributed by atoms with van der Waals surface area (Å²) in [6.45, 7) is 1.36. The highest BCUT2D eigenvalue weighted by Crippen LogP contribution is 2.28. The van der Waals surface area contributed by atoms with Crippen LogP contribution in [0.5, 0.6) is 0 Å². The molecule has 1 rings (SSSR count). The smallest absolute Gasteiger partial charge is 0.276 e. The van der Waals surface area contributed by atoms with Crippen molar-refractivity contribution in [3.8, 4) is 0 Å². The third-order valence-electron chi connectivity index (χ3n) is 2.79. The van der Waals surface area contributed by atoms with Gasteiger partial charge in [-0.05, 0) is 12.8 Å². The Morgan fingerprint density at radius 3 is 2.47 bits per heavy atom. The van der Waals surface area contributed by atoms with Crippen molar-refractivity contribution >= 4 is 10.2 Å². The summed E-state index contributed by atoms with van der Waals surface area (Å²) in [7, 11) is -2.07. The van der Waals surface area contributed by atoms with Crippen molar-refractivity contribution in [2.24, 2.45) is 5.41 Å². The van der Waals surface area contributed by atoms with Crippen LogP contribution < -0.4 is 9.44 Å². The van der Waals surface area contributed by atoms with E-state index in [0.717, 1.165) is 0 Å². The van der Waals surface area contributed by atoms with Gasteiger partial charge in [-0.2, -0.15) is 8.42 Å². The average molecular weight is 238 g/mol. The van der Waals surface area contributed by atoms with E-state index in [1.165, 1.54) is 7.05 Å².